The summed E-state index contributed by atoms with van der Waals surface area (Å²) in [4.78, 5) is 27.7. The highest BCUT2D eigenvalue weighted by Crippen LogP contribution is 2.42. The first-order valence-electron chi connectivity index (χ1n) is 10.3. The maximum Gasteiger partial charge on any atom is 0.294 e. The van der Waals surface area contributed by atoms with Crippen molar-refractivity contribution in [1.82, 2.24) is 0 Å². The van der Waals surface area contributed by atoms with Gasteiger partial charge in [-0.1, -0.05) is 42.5 Å². The third kappa shape index (κ3) is 4.07. The molecule has 1 amide bonds. The maximum atomic E-state index is 13.2. The number of amides is 1. The lowest BCUT2D eigenvalue weighted by atomic mass is 9.93. The van der Waals surface area contributed by atoms with Crippen molar-refractivity contribution < 1.29 is 24.5 Å². The molecule has 3 aromatic carbocycles. The van der Waals surface area contributed by atoms with Gasteiger partial charge in [-0.25, -0.2) is 0 Å². The molecule has 3 aromatic rings. The summed E-state index contributed by atoms with van der Waals surface area (Å²) in [6.07, 6.45) is 0.650. The summed E-state index contributed by atoms with van der Waals surface area (Å²) in [5.41, 5.74) is 2.19. The molecule has 0 spiro atoms. The van der Waals surface area contributed by atoms with E-state index in [0.717, 1.165) is 5.56 Å². The first kappa shape index (κ1) is 21.2. The highest BCUT2D eigenvalue weighted by Gasteiger charge is 2.44. The van der Waals surface area contributed by atoms with Crippen molar-refractivity contribution >= 4 is 17.4 Å². The van der Waals surface area contributed by atoms with E-state index < -0.39 is 17.7 Å². The fourth-order valence-corrected chi connectivity index (χ4v) is 3.91. The summed E-state index contributed by atoms with van der Waals surface area (Å²) >= 11 is 0. The largest absolute Gasteiger partial charge is 0.508 e. The quantitative estimate of drug-likeness (QED) is 0.577. The highest BCUT2D eigenvalue weighted by atomic mass is 16.5. The number of aliphatic hydroxyl groups excluding tert-OH is 1. The number of aryl methyl sites for hydroxylation is 1. The van der Waals surface area contributed by atoms with Crippen LogP contribution in [0.25, 0.3) is 0 Å². The second-order valence-electron chi connectivity index (χ2n) is 7.54. The predicted molar refractivity (Wildman–Crippen MR) is 121 cm³/mol. The van der Waals surface area contributed by atoms with Crippen molar-refractivity contribution in [2.75, 3.05) is 12.0 Å². The Balaban J connectivity index is 1.71. The Morgan fingerprint density at radius 1 is 0.938 bits per heavy atom. The normalized spacial score (nSPS) is 15.8. The van der Waals surface area contributed by atoms with E-state index in [0.29, 0.717) is 23.4 Å². The Kier molecular flexibility index (Phi) is 5.94. The number of ether oxygens (including phenoxy) is 1. The van der Waals surface area contributed by atoms with Crippen molar-refractivity contribution in [3.05, 3.63) is 101 Å². The molecule has 1 aliphatic rings. The minimum absolute atomic E-state index is 0.0624. The third-order valence-corrected chi connectivity index (χ3v) is 5.55. The van der Waals surface area contributed by atoms with Crippen LogP contribution in [0.2, 0.25) is 0 Å². The first-order valence-corrected chi connectivity index (χ1v) is 10.3. The van der Waals surface area contributed by atoms with Gasteiger partial charge in [0, 0.05) is 12.1 Å². The molecule has 0 fully saturated rings. The molecule has 0 aliphatic carbocycles. The number of aromatic hydroxyl groups is 1. The molecular formula is C26H23NO5. The number of methoxy groups -OCH3 is 1. The third-order valence-electron chi connectivity index (χ3n) is 5.55. The molecule has 2 N–H and O–H groups in total. The molecule has 1 unspecified atom stereocenters. The summed E-state index contributed by atoms with van der Waals surface area (Å²) in [7, 11) is 1.55. The molecule has 162 valence electrons. The van der Waals surface area contributed by atoms with Crippen LogP contribution >= 0.6 is 0 Å². The van der Waals surface area contributed by atoms with Crippen LogP contribution in [0.15, 0.2) is 90.2 Å². The van der Waals surface area contributed by atoms with E-state index in [2.05, 4.69) is 0 Å². The summed E-state index contributed by atoms with van der Waals surface area (Å²) in [6.45, 7) is 0. The van der Waals surface area contributed by atoms with Crippen molar-refractivity contribution in [2.24, 2.45) is 0 Å². The molecule has 6 heteroatoms. The van der Waals surface area contributed by atoms with Gasteiger partial charge in [-0.15, -0.1) is 0 Å². The van der Waals surface area contributed by atoms with Crippen LogP contribution in [0, 0.1) is 0 Å². The van der Waals surface area contributed by atoms with Gasteiger partial charge in [-0.05, 0) is 53.9 Å². The van der Waals surface area contributed by atoms with Gasteiger partial charge in [0.2, 0.25) is 0 Å². The Bertz CT molecular complexity index is 1150. The molecule has 0 saturated carbocycles. The van der Waals surface area contributed by atoms with Gasteiger partial charge in [0.25, 0.3) is 5.91 Å². The number of ketones is 1. The summed E-state index contributed by atoms with van der Waals surface area (Å²) in [6, 6.07) is 21.9. The zero-order chi connectivity index (χ0) is 22.7. The Morgan fingerprint density at radius 2 is 1.59 bits per heavy atom. The number of phenolic OH excluding ortho intramolecular Hbond substituents is 1. The van der Waals surface area contributed by atoms with Gasteiger partial charge in [-0.3, -0.25) is 14.5 Å². The van der Waals surface area contributed by atoms with E-state index in [9.17, 15) is 19.8 Å². The first-order chi connectivity index (χ1) is 15.5. The number of anilines is 1. The molecule has 0 saturated heterocycles. The van der Waals surface area contributed by atoms with Crippen LogP contribution in [0.4, 0.5) is 5.69 Å². The molecule has 6 nitrogen and oxygen atoms in total. The minimum atomic E-state index is -0.806. The van der Waals surface area contributed by atoms with Crippen molar-refractivity contribution in [2.45, 2.75) is 18.9 Å². The number of rotatable bonds is 7. The van der Waals surface area contributed by atoms with Gasteiger partial charge in [0.05, 0.1) is 18.7 Å². The molecule has 0 bridgehead atoms. The average Bonchev–Trinajstić information content (AvgIpc) is 3.09. The van der Waals surface area contributed by atoms with Crippen molar-refractivity contribution in [3.8, 4) is 11.5 Å². The molecule has 1 aliphatic heterocycles. The van der Waals surface area contributed by atoms with Crippen molar-refractivity contribution in [3.63, 3.8) is 0 Å². The molecule has 32 heavy (non-hydrogen) atoms. The smallest absolute Gasteiger partial charge is 0.294 e. The number of Topliss-reactive ketones (excluding diaryl/α,β-unsaturated/α-hetero) is 1. The number of phenols is 1. The lowest BCUT2D eigenvalue weighted by molar-refractivity contribution is -0.118. The number of carbonyl (C=O) groups excluding carboxylic acids is 2. The van der Waals surface area contributed by atoms with Gasteiger partial charge in [0.15, 0.2) is 11.5 Å². The van der Waals surface area contributed by atoms with Gasteiger partial charge in [-0.2, -0.15) is 0 Å². The van der Waals surface area contributed by atoms with Crippen LogP contribution in [0.5, 0.6) is 11.5 Å². The summed E-state index contributed by atoms with van der Waals surface area (Å²) < 4.78 is 5.19. The fourth-order valence-electron chi connectivity index (χ4n) is 3.91. The topological polar surface area (TPSA) is 87.1 Å². The number of hydrogen-bond acceptors (Lipinski definition) is 5. The number of hydrogen-bond donors (Lipinski definition) is 2. The molecule has 0 aromatic heterocycles. The van der Waals surface area contributed by atoms with Gasteiger partial charge < -0.3 is 14.9 Å². The molecule has 1 atom stereocenters. The van der Waals surface area contributed by atoms with E-state index in [-0.39, 0.29) is 23.5 Å². The monoisotopic (exact) mass is 429 g/mol. The molecule has 1 heterocycles. The van der Waals surface area contributed by atoms with Crippen LogP contribution < -0.4 is 9.64 Å². The molecule has 0 radical (unpaired) electrons. The van der Waals surface area contributed by atoms with E-state index in [4.69, 9.17) is 4.74 Å². The van der Waals surface area contributed by atoms with Crippen LogP contribution in [0.1, 0.15) is 23.6 Å². The number of carbonyl (C=O) groups is 2. The lowest BCUT2D eigenvalue weighted by Crippen LogP contribution is -2.31. The SMILES string of the molecule is COc1ccc(N2C(=O)C(O)=C(C(=O)CCc3ccccc3)C2c2ccc(O)cc2)cc1. The van der Waals surface area contributed by atoms with Crippen LogP contribution in [0.3, 0.4) is 0 Å². The van der Waals surface area contributed by atoms with Crippen LogP contribution in [-0.2, 0) is 16.0 Å². The Morgan fingerprint density at radius 3 is 2.22 bits per heavy atom. The lowest BCUT2D eigenvalue weighted by Gasteiger charge is -2.27. The summed E-state index contributed by atoms with van der Waals surface area (Å²) in [5.74, 6) is -0.792. The van der Waals surface area contributed by atoms with Gasteiger partial charge in [0.1, 0.15) is 11.5 Å². The highest BCUT2D eigenvalue weighted by molar-refractivity contribution is 6.16. The Hall–Kier alpha value is -4.06. The van der Waals surface area contributed by atoms with E-state index in [1.165, 1.54) is 17.0 Å². The number of benzene rings is 3. The van der Waals surface area contributed by atoms with Crippen LogP contribution in [-0.4, -0.2) is 29.0 Å². The van der Waals surface area contributed by atoms with E-state index in [1.54, 1.807) is 43.5 Å². The zero-order valence-electron chi connectivity index (χ0n) is 17.6. The van der Waals surface area contributed by atoms with E-state index >= 15 is 0 Å². The maximum absolute atomic E-state index is 13.2. The average molecular weight is 429 g/mol. The minimum Gasteiger partial charge on any atom is -0.508 e. The second kappa shape index (κ2) is 8.98. The fraction of sp³-hybridized carbons (Fsp3) is 0.154. The predicted octanol–water partition coefficient (Wildman–Crippen LogP) is 4.50. The Labute approximate surface area is 186 Å². The van der Waals surface area contributed by atoms with Gasteiger partial charge >= 0.3 is 0 Å². The molecule has 4 rings (SSSR count). The number of nitrogens with zero attached hydrogens (tertiary/aromatic N) is 1. The summed E-state index contributed by atoms with van der Waals surface area (Å²) in [5, 5.41) is 20.4. The van der Waals surface area contributed by atoms with E-state index in [1.807, 2.05) is 30.3 Å². The number of aliphatic hydroxyl groups is 1. The second-order valence-corrected chi connectivity index (χ2v) is 7.54. The zero-order valence-corrected chi connectivity index (χ0v) is 17.6. The standard InChI is InChI=1S/C26H23NO5/c1-32-21-14-10-19(11-15-21)27-24(18-8-12-20(28)13-9-18)23(25(30)26(27)31)22(29)16-7-17-5-3-2-4-6-17/h2-6,8-15,24,28,30H,7,16H2,1H3. The molecular weight excluding hydrogens is 406 g/mol. The van der Waals surface area contributed by atoms with Crippen molar-refractivity contribution in [1.29, 1.82) is 0 Å².